The lowest BCUT2D eigenvalue weighted by Gasteiger charge is -2.08. The van der Waals surface area contributed by atoms with Gasteiger partial charge in [-0.05, 0) is 6.42 Å². The van der Waals surface area contributed by atoms with Gasteiger partial charge < -0.3 is 5.32 Å². The first-order valence-electron chi connectivity index (χ1n) is 5.11. The normalized spacial score (nSPS) is 12.8. The highest BCUT2D eigenvalue weighted by atomic mass is 32.2. The quantitative estimate of drug-likeness (QED) is 0.639. The molecule has 92 valence electrons. The van der Waals surface area contributed by atoms with Crippen LogP contribution in [0, 0.1) is 17.2 Å². The fraction of sp³-hybridized carbons (Fsp3) is 0.778. The molecule has 1 unspecified atom stereocenters. The molecule has 0 saturated heterocycles. The average Bonchev–Trinajstić information content (AvgIpc) is 2.19. The van der Waals surface area contributed by atoms with Gasteiger partial charge in [-0.15, -0.1) is 0 Å². The van der Waals surface area contributed by atoms with Gasteiger partial charge >= 0.3 is 0 Å². The number of rotatable bonds is 7. The second kappa shape index (κ2) is 7.19. The molecule has 1 atom stereocenters. The average molecular weight is 247 g/mol. The first-order chi connectivity index (χ1) is 7.46. The Balaban J connectivity index is 4.01. The standard InChI is InChI=1S/C9H17N3O3S/c1-3-8(7-10)9(13)11-5-6-16(14,15)12-4-2/h8,12H,3-6H2,1-2H3,(H,11,13). The molecule has 16 heavy (non-hydrogen) atoms. The molecule has 6 nitrogen and oxygen atoms in total. The molecule has 0 radical (unpaired) electrons. The molecular weight excluding hydrogens is 230 g/mol. The minimum absolute atomic E-state index is 0.0202. The van der Waals surface area contributed by atoms with Crippen LogP contribution in [0.15, 0.2) is 0 Å². The highest BCUT2D eigenvalue weighted by molar-refractivity contribution is 7.89. The van der Waals surface area contributed by atoms with Gasteiger partial charge in [0.1, 0.15) is 5.92 Å². The Bertz CT molecular complexity index is 359. The van der Waals surface area contributed by atoms with Crippen molar-refractivity contribution in [3.05, 3.63) is 0 Å². The van der Waals surface area contributed by atoms with E-state index in [1.807, 2.05) is 6.07 Å². The van der Waals surface area contributed by atoms with E-state index in [9.17, 15) is 13.2 Å². The van der Waals surface area contributed by atoms with E-state index in [-0.39, 0.29) is 12.3 Å². The van der Waals surface area contributed by atoms with Crippen molar-refractivity contribution in [3.8, 4) is 6.07 Å². The van der Waals surface area contributed by atoms with Crippen LogP contribution in [0.4, 0.5) is 0 Å². The lowest BCUT2D eigenvalue weighted by atomic mass is 10.1. The van der Waals surface area contributed by atoms with Crippen LogP contribution in [0.2, 0.25) is 0 Å². The topological polar surface area (TPSA) is 99.1 Å². The monoisotopic (exact) mass is 247 g/mol. The number of nitrogens with zero attached hydrogens (tertiary/aromatic N) is 1. The van der Waals surface area contributed by atoms with Crippen molar-refractivity contribution in [2.75, 3.05) is 18.8 Å². The third-order valence-electron chi connectivity index (χ3n) is 1.91. The minimum Gasteiger partial charge on any atom is -0.354 e. The van der Waals surface area contributed by atoms with Crippen molar-refractivity contribution in [1.29, 1.82) is 5.26 Å². The van der Waals surface area contributed by atoms with Crippen LogP contribution < -0.4 is 10.0 Å². The predicted molar refractivity (Wildman–Crippen MR) is 59.9 cm³/mol. The largest absolute Gasteiger partial charge is 0.354 e. The van der Waals surface area contributed by atoms with Gasteiger partial charge in [0, 0.05) is 13.1 Å². The molecule has 0 saturated carbocycles. The number of carbonyl (C=O) groups is 1. The van der Waals surface area contributed by atoms with Gasteiger partial charge in [-0.25, -0.2) is 13.1 Å². The summed E-state index contributed by atoms with van der Waals surface area (Å²) in [5.74, 6) is -1.30. The van der Waals surface area contributed by atoms with E-state index in [2.05, 4.69) is 10.0 Å². The molecule has 0 aliphatic carbocycles. The Kier molecular flexibility index (Phi) is 6.69. The van der Waals surface area contributed by atoms with Gasteiger partial charge in [-0.2, -0.15) is 5.26 Å². The Morgan fingerprint density at radius 1 is 1.44 bits per heavy atom. The molecular formula is C9H17N3O3S. The maximum Gasteiger partial charge on any atom is 0.237 e. The van der Waals surface area contributed by atoms with Crippen molar-refractivity contribution in [1.82, 2.24) is 10.0 Å². The zero-order valence-electron chi connectivity index (χ0n) is 9.49. The van der Waals surface area contributed by atoms with Gasteiger partial charge in [0.15, 0.2) is 0 Å². The molecule has 0 aromatic carbocycles. The Labute approximate surface area is 96.1 Å². The summed E-state index contributed by atoms with van der Waals surface area (Å²) in [4.78, 5) is 11.3. The molecule has 0 fully saturated rings. The lowest BCUT2D eigenvalue weighted by Crippen LogP contribution is -2.36. The Morgan fingerprint density at radius 2 is 2.06 bits per heavy atom. The first kappa shape index (κ1) is 14.9. The van der Waals surface area contributed by atoms with Crippen molar-refractivity contribution in [2.24, 2.45) is 5.92 Å². The highest BCUT2D eigenvalue weighted by Gasteiger charge is 2.16. The molecule has 0 rings (SSSR count). The second-order valence-corrected chi connectivity index (χ2v) is 5.12. The fourth-order valence-corrected chi connectivity index (χ4v) is 2.01. The summed E-state index contributed by atoms with van der Waals surface area (Å²) in [6.07, 6.45) is 0.419. The number of carbonyl (C=O) groups excluding carboxylic acids is 1. The second-order valence-electron chi connectivity index (χ2n) is 3.20. The predicted octanol–water partition coefficient (Wildman–Crippen LogP) is -0.408. The molecule has 0 aliphatic rings. The maximum absolute atomic E-state index is 11.3. The first-order valence-corrected chi connectivity index (χ1v) is 6.76. The molecule has 0 heterocycles. The third kappa shape index (κ3) is 5.68. The van der Waals surface area contributed by atoms with Crippen LogP contribution >= 0.6 is 0 Å². The summed E-state index contributed by atoms with van der Waals surface area (Å²) in [6.45, 7) is 3.75. The van der Waals surface area contributed by atoms with Gasteiger partial charge in [-0.3, -0.25) is 4.79 Å². The zero-order valence-corrected chi connectivity index (χ0v) is 10.3. The Morgan fingerprint density at radius 3 is 2.50 bits per heavy atom. The van der Waals surface area contributed by atoms with Crippen LogP contribution in [0.25, 0.3) is 0 Å². The zero-order chi connectivity index (χ0) is 12.6. The van der Waals surface area contributed by atoms with E-state index < -0.39 is 21.8 Å². The van der Waals surface area contributed by atoms with Gasteiger partial charge in [0.2, 0.25) is 15.9 Å². The van der Waals surface area contributed by atoms with E-state index in [1.54, 1.807) is 13.8 Å². The van der Waals surface area contributed by atoms with E-state index >= 15 is 0 Å². The minimum atomic E-state index is -3.31. The van der Waals surface area contributed by atoms with Gasteiger partial charge in [-0.1, -0.05) is 13.8 Å². The molecule has 2 N–H and O–H groups in total. The van der Waals surface area contributed by atoms with Crippen LogP contribution in [0.1, 0.15) is 20.3 Å². The van der Waals surface area contributed by atoms with Crippen LogP contribution in [0.3, 0.4) is 0 Å². The summed E-state index contributed by atoms with van der Waals surface area (Å²) in [6, 6.07) is 1.85. The SMILES string of the molecule is CCNS(=O)(=O)CCNC(=O)C(C#N)CC. The van der Waals surface area contributed by atoms with Crippen molar-refractivity contribution in [2.45, 2.75) is 20.3 Å². The van der Waals surface area contributed by atoms with E-state index in [0.717, 1.165) is 0 Å². The fourth-order valence-electron chi connectivity index (χ4n) is 1.06. The van der Waals surface area contributed by atoms with Crippen LogP contribution in [-0.4, -0.2) is 33.2 Å². The molecule has 1 amide bonds. The van der Waals surface area contributed by atoms with Gasteiger partial charge in [0.25, 0.3) is 0 Å². The number of hydrogen-bond acceptors (Lipinski definition) is 4. The summed E-state index contributed by atoms with van der Waals surface area (Å²) >= 11 is 0. The number of amides is 1. The van der Waals surface area contributed by atoms with Crippen molar-refractivity contribution in [3.63, 3.8) is 0 Å². The van der Waals surface area contributed by atoms with E-state index in [4.69, 9.17) is 5.26 Å². The van der Waals surface area contributed by atoms with Crippen molar-refractivity contribution >= 4 is 15.9 Å². The molecule has 0 aromatic heterocycles. The van der Waals surface area contributed by atoms with Crippen LogP contribution in [0.5, 0.6) is 0 Å². The summed E-state index contributed by atoms with van der Waals surface area (Å²) in [7, 11) is -3.31. The lowest BCUT2D eigenvalue weighted by molar-refractivity contribution is -0.123. The number of sulfonamides is 1. The van der Waals surface area contributed by atoms with Crippen molar-refractivity contribution < 1.29 is 13.2 Å². The number of nitriles is 1. The molecule has 0 aromatic rings. The van der Waals surface area contributed by atoms with Crippen LogP contribution in [-0.2, 0) is 14.8 Å². The smallest absolute Gasteiger partial charge is 0.237 e. The van der Waals surface area contributed by atoms with E-state index in [1.165, 1.54) is 0 Å². The number of nitrogens with one attached hydrogen (secondary N) is 2. The molecule has 0 bridgehead atoms. The number of hydrogen-bond donors (Lipinski definition) is 2. The Hall–Kier alpha value is -1.13. The third-order valence-corrected chi connectivity index (χ3v) is 3.38. The summed E-state index contributed by atoms with van der Waals surface area (Å²) in [5.41, 5.74) is 0. The molecule has 7 heteroatoms. The molecule has 0 spiro atoms. The van der Waals surface area contributed by atoms with Gasteiger partial charge in [0.05, 0.1) is 11.8 Å². The maximum atomic E-state index is 11.3. The molecule has 0 aliphatic heterocycles. The summed E-state index contributed by atoms with van der Waals surface area (Å²) < 4.78 is 24.7. The summed E-state index contributed by atoms with van der Waals surface area (Å²) in [5, 5.41) is 11.0. The highest BCUT2D eigenvalue weighted by Crippen LogP contribution is 1.99. The van der Waals surface area contributed by atoms with E-state index in [0.29, 0.717) is 13.0 Å².